The molecule has 0 fully saturated rings. The summed E-state index contributed by atoms with van der Waals surface area (Å²) in [5.41, 5.74) is 8.72. The summed E-state index contributed by atoms with van der Waals surface area (Å²) in [6.45, 7) is 4.50. The number of nitrogens with zero attached hydrogens (tertiary/aromatic N) is 4. The van der Waals surface area contributed by atoms with Crippen LogP contribution >= 0.6 is 11.3 Å². The van der Waals surface area contributed by atoms with Gasteiger partial charge in [-0.15, -0.1) is 11.3 Å². The molecule has 5 rings (SSSR count). The smallest absolute Gasteiger partial charge is 0.303 e. The maximum Gasteiger partial charge on any atom is 0.303 e. The third-order valence-corrected chi connectivity index (χ3v) is 8.66. The molecule has 0 saturated carbocycles. The SMILES string of the molecule is CCn1nc(C)cc1C(=O)Nc1nc2cc(C(N)=O)cc(OC)c2n1C/C=C/Cc1cc2cc(C(=O)CCC(=O)O)sc2cc1OC. The lowest BCUT2D eigenvalue weighted by molar-refractivity contribution is -0.136. The third-order valence-electron chi connectivity index (χ3n) is 7.52. The van der Waals surface area contributed by atoms with Gasteiger partial charge < -0.3 is 24.9 Å². The number of nitrogens with one attached hydrogen (secondary N) is 1. The maximum atomic E-state index is 13.4. The highest BCUT2D eigenvalue weighted by molar-refractivity contribution is 7.20. The summed E-state index contributed by atoms with van der Waals surface area (Å²) in [4.78, 5) is 53.9. The number of ether oxygens (including phenoxy) is 2. The van der Waals surface area contributed by atoms with Crippen LogP contribution in [0, 0.1) is 6.92 Å². The van der Waals surface area contributed by atoms with E-state index in [4.69, 9.17) is 20.3 Å². The van der Waals surface area contributed by atoms with E-state index in [1.54, 1.807) is 34.6 Å². The molecule has 2 aromatic carbocycles. The predicted octanol–water partition coefficient (Wildman–Crippen LogP) is 4.99. The van der Waals surface area contributed by atoms with E-state index in [0.29, 0.717) is 51.8 Å². The number of Topliss-reactive ketones (excluding diaryl/α,β-unsaturated/α-hetero) is 1. The fraction of sp³-hybridized carbons (Fsp3) is 0.273. The topological polar surface area (TPSA) is 181 Å². The monoisotopic (exact) mass is 658 g/mol. The van der Waals surface area contributed by atoms with Gasteiger partial charge in [0.15, 0.2) is 5.78 Å². The molecule has 5 aromatic rings. The fourth-order valence-electron chi connectivity index (χ4n) is 5.27. The molecule has 0 radical (unpaired) electrons. The van der Waals surface area contributed by atoms with Gasteiger partial charge in [0, 0.05) is 29.8 Å². The number of thiophene rings is 1. The van der Waals surface area contributed by atoms with Crippen molar-refractivity contribution in [2.75, 3.05) is 19.5 Å². The lowest BCUT2D eigenvalue weighted by Gasteiger charge is -2.11. The van der Waals surface area contributed by atoms with Gasteiger partial charge in [0.1, 0.15) is 22.7 Å². The normalized spacial score (nSPS) is 11.4. The van der Waals surface area contributed by atoms with Crippen LogP contribution in [0.25, 0.3) is 21.1 Å². The van der Waals surface area contributed by atoms with Crippen LogP contribution in [0.15, 0.2) is 48.6 Å². The van der Waals surface area contributed by atoms with E-state index in [2.05, 4.69) is 15.4 Å². The van der Waals surface area contributed by atoms with E-state index < -0.39 is 17.8 Å². The number of methoxy groups -OCH3 is 2. The third kappa shape index (κ3) is 7.02. The summed E-state index contributed by atoms with van der Waals surface area (Å²) in [5.74, 6) is -0.993. The summed E-state index contributed by atoms with van der Waals surface area (Å²) >= 11 is 1.31. The van der Waals surface area contributed by atoms with Crippen LogP contribution in [0.1, 0.15) is 61.5 Å². The molecule has 0 unspecified atom stereocenters. The first kappa shape index (κ1) is 32.9. The largest absolute Gasteiger partial charge is 0.496 e. The number of carboxylic acids is 1. The van der Waals surface area contributed by atoms with Gasteiger partial charge in [0.2, 0.25) is 11.9 Å². The molecule has 3 heterocycles. The number of ketones is 1. The van der Waals surface area contributed by atoms with Crippen LogP contribution in [-0.2, 0) is 24.3 Å². The number of hydrogen-bond donors (Lipinski definition) is 3. The van der Waals surface area contributed by atoms with E-state index in [-0.39, 0.29) is 36.7 Å². The van der Waals surface area contributed by atoms with E-state index in [1.165, 1.54) is 24.5 Å². The Bertz CT molecular complexity index is 2060. The molecule has 4 N–H and O–H groups in total. The van der Waals surface area contributed by atoms with Crippen LogP contribution in [-0.4, -0.2) is 62.2 Å². The van der Waals surface area contributed by atoms with E-state index >= 15 is 0 Å². The number of carbonyl (C=O) groups is 4. The van der Waals surface area contributed by atoms with Crippen molar-refractivity contribution in [3.05, 3.63) is 75.9 Å². The minimum Gasteiger partial charge on any atom is -0.496 e. The highest BCUT2D eigenvalue weighted by atomic mass is 32.1. The summed E-state index contributed by atoms with van der Waals surface area (Å²) in [5, 5.41) is 17.0. The van der Waals surface area contributed by atoms with Gasteiger partial charge in [-0.3, -0.25) is 29.2 Å². The molecule has 47 heavy (non-hydrogen) atoms. The van der Waals surface area contributed by atoms with E-state index in [9.17, 15) is 19.2 Å². The Morgan fingerprint density at radius 2 is 1.79 bits per heavy atom. The number of primary amides is 1. The van der Waals surface area contributed by atoms with Crippen LogP contribution in [0.5, 0.6) is 11.5 Å². The Labute approximate surface area is 273 Å². The second-order valence-corrected chi connectivity index (χ2v) is 11.8. The number of rotatable bonds is 14. The van der Waals surface area contributed by atoms with Crippen LogP contribution in [0.3, 0.4) is 0 Å². The molecular weight excluding hydrogens is 624 g/mol. The minimum atomic E-state index is -1.01. The lowest BCUT2D eigenvalue weighted by Crippen LogP contribution is -2.20. The number of allylic oxidation sites excluding steroid dienone is 2. The van der Waals surface area contributed by atoms with Crippen molar-refractivity contribution in [3.8, 4) is 11.5 Å². The average Bonchev–Trinajstić information content (AvgIpc) is 3.74. The first-order valence-electron chi connectivity index (χ1n) is 14.8. The quantitative estimate of drug-likeness (QED) is 0.109. The van der Waals surface area contributed by atoms with Crippen LogP contribution in [0.4, 0.5) is 5.95 Å². The standard InChI is InChI=1S/C33H34N6O7S/c1-5-39-23(12-18(2)37-39)32(44)36-33-35-22-14-21(31(34)43)15-26(46-4)30(22)38(33)11-7-6-8-19-13-20-16-28(24(40)9-10-29(41)42)47-27(20)17-25(19)45-3/h6-7,12-17H,5,8-11H2,1-4H3,(H2,34,43)(H,41,42)(H,35,36,44)/b7-6+. The Kier molecular flexibility index (Phi) is 9.70. The van der Waals surface area contributed by atoms with Crippen LogP contribution < -0.4 is 20.5 Å². The maximum absolute atomic E-state index is 13.4. The molecule has 0 spiro atoms. The van der Waals surface area contributed by atoms with Crippen molar-refractivity contribution in [3.63, 3.8) is 0 Å². The van der Waals surface area contributed by atoms with Gasteiger partial charge in [-0.1, -0.05) is 12.2 Å². The number of aromatic nitrogens is 4. The Balaban J connectivity index is 1.45. The number of nitrogens with two attached hydrogens (primary N) is 1. The zero-order chi connectivity index (χ0) is 33.8. The Morgan fingerprint density at radius 3 is 2.47 bits per heavy atom. The minimum absolute atomic E-state index is 0.0588. The second kappa shape index (κ2) is 13.9. The molecule has 0 aliphatic carbocycles. The molecule has 0 aliphatic rings. The van der Waals surface area contributed by atoms with Crippen molar-refractivity contribution in [2.45, 2.75) is 46.2 Å². The Morgan fingerprint density at radius 1 is 1.02 bits per heavy atom. The molecule has 3 aromatic heterocycles. The predicted molar refractivity (Wildman–Crippen MR) is 178 cm³/mol. The van der Waals surface area contributed by atoms with E-state index in [1.807, 2.05) is 38.1 Å². The number of imidazole rings is 1. The molecule has 13 nitrogen and oxygen atoms in total. The highest BCUT2D eigenvalue weighted by Crippen LogP contribution is 2.34. The number of carbonyl (C=O) groups excluding carboxylic acids is 3. The number of carboxylic acid groups (broad SMARTS) is 1. The van der Waals surface area contributed by atoms with Gasteiger partial charge in [0.05, 0.1) is 36.7 Å². The van der Waals surface area contributed by atoms with Gasteiger partial charge in [-0.25, -0.2) is 4.98 Å². The Hall–Kier alpha value is -5.50. The first-order valence-corrected chi connectivity index (χ1v) is 15.6. The van der Waals surface area contributed by atoms with Crippen molar-refractivity contribution in [2.24, 2.45) is 5.73 Å². The summed E-state index contributed by atoms with van der Waals surface area (Å²) in [6, 6.07) is 10.4. The zero-order valence-electron chi connectivity index (χ0n) is 26.3. The van der Waals surface area contributed by atoms with E-state index in [0.717, 1.165) is 15.6 Å². The summed E-state index contributed by atoms with van der Waals surface area (Å²) < 4.78 is 15.5. The number of aliphatic carboxylic acids is 1. The summed E-state index contributed by atoms with van der Waals surface area (Å²) in [7, 11) is 3.05. The average molecular weight is 659 g/mol. The van der Waals surface area contributed by atoms with Gasteiger partial charge in [-0.05, 0) is 67.6 Å². The van der Waals surface area contributed by atoms with Crippen molar-refractivity contribution >= 4 is 62.0 Å². The lowest BCUT2D eigenvalue weighted by atomic mass is 10.1. The van der Waals surface area contributed by atoms with Crippen LogP contribution in [0.2, 0.25) is 0 Å². The molecule has 2 amide bonds. The number of benzene rings is 2. The number of hydrogen-bond acceptors (Lipinski definition) is 9. The molecular formula is C33H34N6O7S. The molecule has 0 atom stereocenters. The fourth-order valence-corrected chi connectivity index (χ4v) is 6.31. The van der Waals surface area contributed by atoms with Gasteiger partial charge in [0.25, 0.3) is 5.91 Å². The number of fused-ring (bicyclic) bond motifs is 2. The highest BCUT2D eigenvalue weighted by Gasteiger charge is 2.21. The summed E-state index contributed by atoms with van der Waals surface area (Å²) in [6.07, 6.45) is 4.08. The molecule has 244 valence electrons. The van der Waals surface area contributed by atoms with Gasteiger partial charge >= 0.3 is 5.97 Å². The van der Waals surface area contributed by atoms with Gasteiger partial charge in [-0.2, -0.15) is 5.10 Å². The molecule has 14 heteroatoms. The molecule has 0 saturated heterocycles. The van der Waals surface area contributed by atoms with Crippen molar-refractivity contribution in [1.29, 1.82) is 0 Å². The van der Waals surface area contributed by atoms with Crippen molar-refractivity contribution < 1.29 is 33.8 Å². The number of amides is 2. The molecule has 0 bridgehead atoms. The number of aryl methyl sites for hydroxylation is 2. The second-order valence-electron chi connectivity index (χ2n) is 10.7. The molecule has 0 aliphatic heterocycles. The number of anilines is 1. The van der Waals surface area contributed by atoms with Crippen molar-refractivity contribution in [1.82, 2.24) is 19.3 Å². The first-order chi connectivity index (χ1) is 22.5. The zero-order valence-corrected chi connectivity index (χ0v) is 27.1.